The molecule has 0 radical (unpaired) electrons. The van der Waals surface area contributed by atoms with Gasteiger partial charge in [0.1, 0.15) is 11.6 Å². The Balaban J connectivity index is 2.05. The molecule has 0 amide bonds. The molecule has 18 heavy (non-hydrogen) atoms. The van der Waals surface area contributed by atoms with Crippen LogP contribution in [0.25, 0.3) is 0 Å². The Hall–Kier alpha value is -0.190. The van der Waals surface area contributed by atoms with Gasteiger partial charge in [0.05, 0.1) is 3.57 Å². The summed E-state index contributed by atoms with van der Waals surface area (Å²) < 4.78 is 27.2. The van der Waals surface area contributed by atoms with Gasteiger partial charge in [-0.1, -0.05) is 19.8 Å². The molecule has 1 saturated carbocycles. The first-order valence-corrected chi connectivity index (χ1v) is 7.84. The van der Waals surface area contributed by atoms with E-state index in [0.717, 1.165) is 24.3 Å². The second-order valence-electron chi connectivity index (χ2n) is 5.30. The Labute approximate surface area is 121 Å². The van der Waals surface area contributed by atoms with Crippen LogP contribution in [0.2, 0.25) is 0 Å². The molecule has 0 aromatic heterocycles. The van der Waals surface area contributed by atoms with Gasteiger partial charge in [0.2, 0.25) is 0 Å². The molecule has 100 valence electrons. The van der Waals surface area contributed by atoms with Gasteiger partial charge in [0.15, 0.2) is 0 Å². The number of hydrogen-bond donors (Lipinski definition) is 0. The molecule has 0 heterocycles. The molecule has 1 aromatic carbocycles. The molecular weight excluding hydrogens is 345 g/mol. The van der Waals surface area contributed by atoms with Gasteiger partial charge >= 0.3 is 0 Å². The molecule has 0 saturated heterocycles. The first-order valence-electron chi connectivity index (χ1n) is 6.76. The van der Waals surface area contributed by atoms with Crippen molar-refractivity contribution in [3.63, 3.8) is 0 Å². The Bertz CT molecular complexity index is 386. The van der Waals surface area contributed by atoms with Crippen molar-refractivity contribution in [1.29, 1.82) is 0 Å². The highest BCUT2D eigenvalue weighted by molar-refractivity contribution is 14.1. The van der Waals surface area contributed by atoms with Crippen LogP contribution in [0.4, 0.5) is 8.78 Å². The minimum Gasteiger partial charge on any atom is -0.206 e. The number of halogens is 3. The molecule has 1 aliphatic rings. The van der Waals surface area contributed by atoms with Crippen molar-refractivity contribution in [3.8, 4) is 0 Å². The van der Waals surface area contributed by atoms with E-state index in [-0.39, 0.29) is 3.57 Å². The zero-order valence-corrected chi connectivity index (χ0v) is 12.8. The quantitative estimate of drug-likeness (QED) is 0.481. The van der Waals surface area contributed by atoms with E-state index in [1.165, 1.54) is 37.8 Å². The smallest absolute Gasteiger partial charge is 0.139 e. The van der Waals surface area contributed by atoms with E-state index in [1.807, 2.05) is 0 Å². The van der Waals surface area contributed by atoms with Crippen LogP contribution < -0.4 is 0 Å². The van der Waals surface area contributed by atoms with E-state index in [1.54, 1.807) is 22.6 Å². The largest absolute Gasteiger partial charge is 0.206 e. The number of benzene rings is 1. The fourth-order valence-corrected chi connectivity index (χ4v) is 3.31. The van der Waals surface area contributed by atoms with Gasteiger partial charge in [-0.15, -0.1) is 0 Å². The summed E-state index contributed by atoms with van der Waals surface area (Å²) in [5.74, 6) is 0.339. The molecule has 1 aliphatic carbocycles. The van der Waals surface area contributed by atoms with E-state index in [2.05, 4.69) is 6.92 Å². The maximum absolute atomic E-state index is 13.5. The second kappa shape index (κ2) is 6.31. The molecule has 0 unspecified atom stereocenters. The van der Waals surface area contributed by atoms with Crippen LogP contribution in [0, 0.1) is 21.1 Å². The van der Waals surface area contributed by atoms with Crippen LogP contribution in [0.5, 0.6) is 0 Å². The van der Waals surface area contributed by atoms with Crippen LogP contribution in [0.1, 0.15) is 56.9 Å². The van der Waals surface area contributed by atoms with E-state index >= 15 is 0 Å². The zero-order valence-electron chi connectivity index (χ0n) is 10.7. The van der Waals surface area contributed by atoms with Crippen LogP contribution in [-0.2, 0) is 0 Å². The minimum absolute atomic E-state index is 0.107. The third-order valence-corrected chi connectivity index (χ3v) is 5.05. The lowest BCUT2D eigenvalue weighted by Gasteiger charge is -2.28. The van der Waals surface area contributed by atoms with Gasteiger partial charge in [-0.3, -0.25) is 0 Å². The highest BCUT2D eigenvalue weighted by Gasteiger charge is 2.23. The summed E-state index contributed by atoms with van der Waals surface area (Å²) in [5, 5.41) is 0. The zero-order chi connectivity index (χ0) is 13.1. The summed E-state index contributed by atoms with van der Waals surface area (Å²) in [6, 6.07) is 3.05. The molecule has 1 aromatic rings. The summed E-state index contributed by atoms with van der Waals surface area (Å²) in [4.78, 5) is 0. The SMILES string of the molecule is CCC[C@H]1CC[C@H](c2cc(F)c(I)c(F)c2)CC1. The summed E-state index contributed by atoms with van der Waals surface area (Å²) in [6.07, 6.45) is 7.08. The molecule has 3 heteroatoms. The van der Waals surface area contributed by atoms with Crippen LogP contribution in [0.15, 0.2) is 12.1 Å². The normalized spacial score (nSPS) is 24.2. The Kier molecular flexibility index (Phi) is 4.98. The molecule has 0 bridgehead atoms. The van der Waals surface area contributed by atoms with Gasteiger partial charge < -0.3 is 0 Å². The fourth-order valence-electron chi connectivity index (χ4n) is 3.00. The van der Waals surface area contributed by atoms with E-state index < -0.39 is 11.6 Å². The van der Waals surface area contributed by atoms with E-state index in [4.69, 9.17) is 0 Å². The van der Waals surface area contributed by atoms with Crippen molar-refractivity contribution in [2.45, 2.75) is 51.4 Å². The lowest BCUT2D eigenvalue weighted by molar-refractivity contribution is 0.307. The predicted molar refractivity (Wildman–Crippen MR) is 78.7 cm³/mol. The summed E-state index contributed by atoms with van der Waals surface area (Å²) in [5.41, 5.74) is 0.848. The van der Waals surface area contributed by atoms with Crippen molar-refractivity contribution in [2.75, 3.05) is 0 Å². The monoisotopic (exact) mass is 364 g/mol. The minimum atomic E-state index is -0.415. The predicted octanol–water partition coefficient (Wildman–Crippen LogP) is 5.64. The van der Waals surface area contributed by atoms with Crippen molar-refractivity contribution in [1.82, 2.24) is 0 Å². The lowest BCUT2D eigenvalue weighted by atomic mass is 9.77. The highest BCUT2D eigenvalue weighted by Crippen LogP contribution is 2.38. The molecule has 0 N–H and O–H groups in total. The Morgan fingerprint density at radius 2 is 1.67 bits per heavy atom. The third-order valence-electron chi connectivity index (χ3n) is 4.02. The topological polar surface area (TPSA) is 0 Å². The van der Waals surface area contributed by atoms with Crippen molar-refractivity contribution in [2.24, 2.45) is 5.92 Å². The summed E-state index contributed by atoms with van der Waals surface area (Å²) in [6.45, 7) is 2.22. The maximum Gasteiger partial charge on any atom is 0.139 e. The summed E-state index contributed by atoms with van der Waals surface area (Å²) >= 11 is 1.72. The fraction of sp³-hybridized carbons (Fsp3) is 0.600. The molecule has 0 atom stereocenters. The first kappa shape index (κ1) is 14.2. The van der Waals surface area contributed by atoms with E-state index in [9.17, 15) is 8.78 Å². The Morgan fingerprint density at radius 1 is 1.11 bits per heavy atom. The van der Waals surface area contributed by atoms with E-state index in [0.29, 0.717) is 5.92 Å². The van der Waals surface area contributed by atoms with Crippen LogP contribution in [-0.4, -0.2) is 0 Å². The van der Waals surface area contributed by atoms with Crippen LogP contribution in [0.3, 0.4) is 0 Å². The first-order chi connectivity index (χ1) is 8.61. The second-order valence-corrected chi connectivity index (χ2v) is 6.38. The molecule has 2 rings (SSSR count). The average molecular weight is 364 g/mol. The molecule has 0 nitrogen and oxygen atoms in total. The lowest BCUT2D eigenvalue weighted by Crippen LogP contribution is -2.13. The maximum atomic E-state index is 13.5. The molecule has 0 aliphatic heterocycles. The number of hydrogen-bond acceptors (Lipinski definition) is 0. The highest BCUT2D eigenvalue weighted by atomic mass is 127. The van der Waals surface area contributed by atoms with Crippen molar-refractivity contribution >= 4 is 22.6 Å². The van der Waals surface area contributed by atoms with Crippen molar-refractivity contribution < 1.29 is 8.78 Å². The van der Waals surface area contributed by atoms with Crippen LogP contribution >= 0.6 is 22.6 Å². The molecular formula is C15H19F2I. The van der Waals surface area contributed by atoms with Crippen molar-refractivity contribution in [3.05, 3.63) is 32.9 Å². The number of rotatable bonds is 3. The van der Waals surface area contributed by atoms with Gasteiger partial charge in [0.25, 0.3) is 0 Å². The molecule has 0 spiro atoms. The Morgan fingerprint density at radius 3 is 2.17 bits per heavy atom. The van der Waals surface area contributed by atoms with Gasteiger partial charge in [-0.05, 0) is 77.8 Å². The summed E-state index contributed by atoms with van der Waals surface area (Å²) in [7, 11) is 0. The van der Waals surface area contributed by atoms with Gasteiger partial charge in [0, 0.05) is 0 Å². The third kappa shape index (κ3) is 3.22. The standard InChI is InChI=1S/C15H19F2I/c1-2-3-10-4-6-11(7-5-10)12-8-13(16)15(18)14(17)9-12/h8-11H,2-7H2,1H3/t10-,11-. The molecule has 1 fully saturated rings. The average Bonchev–Trinajstić information content (AvgIpc) is 2.37. The van der Waals surface area contributed by atoms with Gasteiger partial charge in [-0.25, -0.2) is 8.78 Å². The van der Waals surface area contributed by atoms with Gasteiger partial charge in [-0.2, -0.15) is 0 Å².